The summed E-state index contributed by atoms with van der Waals surface area (Å²) < 4.78 is 26.8. The second-order valence-electron chi connectivity index (χ2n) is 4.79. The summed E-state index contributed by atoms with van der Waals surface area (Å²) in [6.45, 7) is 3.76. The Morgan fingerprint density at radius 3 is 2.75 bits per heavy atom. The highest BCUT2D eigenvalue weighted by molar-refractivity contribution is 5.34. The van der Waals surface area contributed by atoms with E-state index >= 15 is 0 Å². The minimum Gasteiger partial charge on any atom is -0.395 e. The average Bonchev–Trinajstić information content (AvgIpc) is 2.71. The normalized spacial score (nSPS) is 11.9. The molecule has 0 amide bonds. The van der Waals surface area contributed by atoms with Gasteiger partial charge < -0.3 is 5.11 Å². The zero-order chi connectivity index (χ0) is 14.7. The number of rotatable bonds is 6. The van der Waals surface area contributed by atoms with Gasteiger partial charge in [0, 0.05) is 30.7 Å². The quantitative estimate of drug-likeness (QED) is 0.871. The number of aliphatic hydroxyl groups excluding tert-OH is 1. The summed E-state index contributed by atoms with van der Waals surface area (Å²) in [5.41, 5.74) is 2.53. The first-order valence-corrected chi connectivity index (χ1v) is 6.43. The summed E-state index contributed by atoms with van der Waals surface area (Å²) in [6, 6.07) is 1.93. The van der Waals surface area contributed by atoms with Crippen LogP contribution in [0.2, 0.25) is 0 Å². The Kier molecular flexibility index (Phi) is 4.61. The topological polar surface area (TPSA) is 53.7 Å². The number of imidazole rings is 1. The predicted octanol–water partition coefficient (Wildman–Crippen LogP) is 1.41. The monoisotopic (exact) mass is 284 g/mol. The number of hydrogen-bond donors (Lipinski definition) is 1. The smallest absolute Gasteiger partial charge is 0.251 e. The van der Waals surface area contributed by atoms with Crippen molar-refractivity contribution in [1.82, 2.24) is 19.3 Å². The third kappa shape index (κ3) is 3.49. The summed E-state index contributed by atoms with van der Waals surface area (Å²) in [6.07, 6.45) is -0.631. The van der Waals surface area contributed by atoms with E-state index in [2.05, 4.69) is 9.97 Å². The summed E-state index contributed by atoms with van der Waals surface area (Å²) >= 11 is 0. The van der Waals surface area contributed by atoms with E-state index in [0.717, 1.165) is 11.4 Å². The van der Waals surface area contributed by atoms with Gasteiger partial charge in [0.1, 0.15) is 0 Å². The van der Waals surface area contributed by atoms with Crippen LogP contribution in [0.25, 0.3) is 5.78 Å². The van der Waals surface area contributed by atoms with Crippen molar-refractivity contribution in [1.29, 1.82) is 0 Å². The van der Waals surface area contributed by atoms with E-state index in [4.69, 9.17) is 5.11 Å². The molecule has 0 saturated heterocycles. The van der Waals surface area contributed by atoms with Gasteiger partial charge in [-0.25, -0.2) is 18.7 Å². The third-order valence-electron chi connectivity index (χ3n) is 3.01. The van der Waals surface area contributed by atoms with Crippen molar-refractivity contribution in [2.75, 3.05) is 19.7 Å². The molecule has 5 nitrogen and oxygen atoms in total. The maximum Gasteiger partial charge on any atom is 0.251 e. The van der Waals surface area contributed by atoms with Gasteiger partial charge in [-0.2, -0.15) is 0 Å². The Morgan fingerprint density at radius 1 is 1.35 bits per heavy atom. The fraction of sp³-hybridized carbons (Fsp3) is 0.538. The number of aliphatic hydroxyl groups is 1. The highest BCUT2D eigenvalue weighted by Crippen LogP contribution is 2.11. The second kappa shape index (κ2) is 6.23. The lowest BCUT2D eigenvalue weighted by Crippen LogP contribution is -2.31. The highest BCUT2D eigenvalue weighted by Gasteiger charge is 2.14. The molecule has 0 radical (unpaired) electrons. The molecule has 0 fully saturated rings. The Hall–Kier alpha value is -1.60. The van der Waals surface area contributed by atoms with Crippen LogP contribution in [0.15, 0.2) is 12.3 Å². The van der Waals surface area contributed by atoms with E-state index in [-0.39, 0.29) is 26.2 Å². The van der Waals surface area contributed by atoms with Crippen LogP contribution >= 0.6 is 0 Å². The number of aromatic nitrogens is 3. The van der Waals surface area contributed by atoms with Gasteiger partial charge in [-0.3, -0.25) is 9.30 Å². The van der Waals surface area contributed by atoms with Gasteiger partial charge in [-0.15, -0.1) is 0 Å². The Labute approximate surface area is 115 Å². The van der Waals surface area contributed by atoms with Crippen LogP contribution in [-0.2, 0) is 6.54 Å². The van der Waals surface area contributed by atoms with Gasteiger partial charge in [0.2, 0.25) is 5.78 Å². The minimum absolute atomic E-state index is 0.156. The highest BCUT2D eigenvalue weighted by atomic mass is 19.3. The number of alkyl halides is 2. The molecule has 0 aliphatic heterocycles. The molecular formula is C13H18F2N4O. The van der Waals surface area contributed by atoms with Gasteiger partial charge in [0.05, 0.1) is 18.8 Å². The summed E-state index contributed by atoms with van der Waals surface area (Å²) in [5, 5.41) is 8.92. The molecule has 2 heterocycles. The van der Waals surface area contributed by atoms with E-state index in [1.165, 1.54) is 4.90 Å². The van der Waals surface area contributed by atoms with Gasteiger partial charge in [0.15, 0.2) is 0 Å². The fourth-order valence-electron chi connectivity index (χ4n) is 2.19. The lowest BCUT2D eigenvalue weighted by molar-refractivity contribution is 0.0741. The molecule has 0 bridgehead atoms. The van der Waals surface area contributed by atoms with E-state index in [9.17, 15) is 8.78 Å². The first-order chi connectivity index (χ1) is 9.49. The van der Waals surface area contributed by atoms with Crippen molar-refractivity contribution in [3.8, 4) is 0 Å². The fourth-order valence-corrected chi connectivity index (χ4v) is 2.19. The first-order valence-electron chi connectivity index (χ1n) is 6.43. The van der Waals surface area contributed by atoms with Gasteiger partial charge in [-0.05, 0) is 19.9 Å². The molecule has 0 spiro atoms. The second-order valence-corrected chi connectivity index (χ2v) is 4.79. The van der Waals surface area contributed by atoms with E-state index < -0.39 is 6.43 Å². The molecule has 0 atom stereocenters. The van der Waals surface area contributed by atoms with Gasteiger partial charge >= 0.3 is 0 Å². The van der Waals surface area contributed by atoms with Crippen LogP contribution in [0.5, 0.6) is 0 Å². The SMILES string of the molecule is Cc1cc(C)n2cc(CN(CCO)CC(F)F)nc2n1. The third-order valence-corrected chi connectivity index (χ3v) is 3.01. The Morgan fingerprint density at radius 2 is 2.10 bits per heavy atom. The van der Waals surface area contributed by atoms with Crippen LogP contribution < -0.4 is 0 Å². The molecule has 0 aliphatic rings. The molecule has 0 saturated carbocycles. The van der Waals surface area contributed by atoms with E-state index in [0.29, 0.717) is 11.5 Å². The van der Waals surface area contributed by atoms with Crippen LogP contribution in [0, 0.1) is 13.8 Å². The molecule has 110 valence electrons. The van der Waals surface area contributed by atoms with E-state index in [1.54, 1.807) is 6.20 Å². The molecule has 2 aromatic heterocycles. The maximum atomic E-state index is 12.5. The zero-order valence-electron chi connectivity index (χ0n) is 11.6. The molecule has 2 aromatic rings. The van der Waals surface area contributed by atoms with Crippen LogP contribution in [-0.4, -0.2) is 50.5 Å². The number of aryl methyl sites for hydroxylation is 2. The van der Waals surface area contributed by atoms with Crippen molar-refractivity contribution < 1.29 is 13.9 Å². The van der Waals surface area contributed by atoms with Gasteiger partial charge in [-0.1, -0.05) is 0 Å². The van der Waals surface area contributed by atoms with Crippen molar-refractivity contribution in [3.05, 3.63) is 29.3 Å². The lowest BCUT2D eigenvalue weighted by atomic mass is 10.3. The van der Waals surface area contributed by atoms with Crippen LogP contribution in [0.3, 0.4) is 0 Å². The number of hydrogen-bond acceptors (Lipinski definition) is 4. The molecule has 0 unspecified atom stereocenters. The van der Waals surface area contributed by atoms with Crippen LogP contribution in [0.1, 0.15) is 17.1 Å². The number of nitrogens with zero attached hydrogens (tertiary/aromatic N) is 4. The van der Waals surface area contributed by atoms with Crippen molar-refractivity contribution >= 4 is 5.78 Å². The number of fused-ring (bicyclic) bond motifs is 1. The zero-order valence-corrected chi connectivity index (χ0v) is 11.6. The summed E-state index contributed by atoms with van der Waals surface area (Å²) in [7, 11) is 0. The van der Waals surface area contributed by atoms with Crippen molar-refractivity contribution in [2.45, 2.75) is 26.8 Å². The van der Waals surface area contributed by atoms with Crippen molar-refractivity contribution in [3.63, 3.8) is 0 Å². The standard InChI is InChI=1S/C13H18F2N4O/c1-9-5-10(2)19-7-11(17-13(19)16-9)6-18(3-4-20)8-12(14)15/h5,7,12,20H,3-4,6,8H2,1-2H3. The Bertz CT molecular complexity index is 585. The number of halogens is 2. The molecule has 20 heavy (non-hydrogen) atoms. The summed E-state index contributed by atoms with van der Waals surface area (Å²) in [4.78, 5) is 10.1. The van der Waals surface area contributed by atoms with Crippen molar-refractivity contribution in [2.24, 2.45) is 0 Å². The predicted molar refractivity (Wildman–Crippen MR) is 70.8 cm³/mol. The molecule has 0 aromatic carbocycles. The van der Waals surface area contributed by atoms with Gasteiger partial charge in [0.25, 0.3) is 6.43 Å². The molecule has 2 rings (SSSR count). The first kappa shape index (κ1) is 14.8. The molecule has 0 aliphatic carbocycles. The minimum atomic E-state index is -2.43. The largest absolute Gasteiger partial charge is 0.395 e. The molecule has 1 N–H and O–H groups in total. The van der Waals surface area contributed by atoms with E-state index in [1.807, 2.05) is 24.3 Å². The molecule has 7 heteroatoms. The molecular weight excluding hydrogens is 266 g/mol. The maximum absolute atomic E-state index is 12.5. The summed E-state index contributed by atoms with van der Waals surface area (Å²) in [5.74, 6) is 0.568. The van der Waals surface area contributed by atoms with Crippen LogP contribution in [0.4, 0.5) is 8.78 Å². The lowest BCUT2D eigenvalue weighted by Gasteiger charge is -2.19. The average molecular weight is 284 g/mol. The Balaban J connectivity index is 2.21.